The lowest BCUT2D eigenvalue weighted by Gasteiger charge is -2.38. The van der Waals surface area contributed by atoms with E-state index >= 15 is 0 Å². The van der Waals surface area contributed by atoms with Crippen molar-refractivity contribution in [2.75, 3.05) is 0 Å². The van der Waals surface area contributed by atoms with Gasteiger partial charge in [-0.2, -0.15) is 0 Å². The molecule has 18 heteroatoms. The molecule has 2 aromatic heterocycles. The van der Waals surface area contributed by atoms with Crippen LogP contribution in [-0.4, -0.2) is 104 Å². The van der Waals surface area contributed by atoms with Gasteiger partial charge in [0.05, 0.1) is 57.1 Å². The predicted octanol–water partition coefficient (Wildman–Crippen LogP) is 8.00. The van der Waals surface area contributed by atoms with E-state index in [1.807, 2.05) is 46.8 Å². The third-order valence-corrected chi connectivity index (χ3v) is 13.5. The Hall–Kier alpha value is -4.67. The van der Waals surface area contributed by atoms with Crippen molar-refractivity contribution < 1.29 is 41.7 Å². The molecule has 15 nitrogen and oxygen atoms in total. The first kappa shape index (κ1) is 42.5. The molecule has 3 aromatic rings. The van der Waals surface area contributed by atoms with Crippen LogP contribution in [0.1, 0.15) is 77.3 Å². The molecule has 2 saturated heterocycles. The van der Waals surface area contributed by atoms with Crippen LogP contribution in [-0.2, 0) is 19.3 Å². The maximum atomic E-state index is 12.5. The number of hydrogen-bond acceptors (Lipinski definition) is 13. The lowest BCUT2D eigenvalue weighted by molar-refractivity contribution is 0.0254. The monoisotopic (exact) mass is 870 g/mol. The Kier molecular flexibility index (Phi) is 12.6. The Morgan fingerprint density at radius 2 is 1.15 bits per heavy atom. The van der Waals surface area contributed by atoms with E-state index in [9.17, 15) is 18.0 Å². The molecule has 0 radical (unpaired) electrons. The molecule has 1 aliphatic carbocycles. The summed E-state index contributed by atoms with van der Waals surface area (Å²) in [5, 5.41) is 0.261. The average molecular weight is 872 g/mol. The van der Waals surface area contributed by atoms with Gasteiger partial charge in [-0.3, -0.25) is 9.80 Å². The molecule has 4 bridgehead atoms. The maximum Gasteiger partial charge on any atom is 0.411 e. The Morgan fingerprint density at radius 1 is 0.695 bits per heavy atom. The van der Waals surface area contributed by atoms with E-state index in [-0.39, 0.29) is 81.8 Å². The van der Waals surface area contributed by atoms with Gasteiger partial charge < -0.3 is 23.7 Å². The number of aromatic nitrogens is 4. The van der Waals surface area contributed by atoms with Crippen LogP contribution in [0, 0.1) is 13.8 Å². The summed E-state index contributed by atoms with van der Waals surface area (Å²) < 4.78 is 53.8. The second-order valence-corrected chi connectivity index (χ2v) is 18.8. The molecule has 316 valence electrons. The fourth-order valence-electron chi connectivity index (χ4n) is 7.58. The van der Waals surface area contributed by atoms with E-state index in [2.05, 4.69) is 32.1 Å². The van der Waals surface area contributed by atoms with Crippen LogP contribution in [0.2, 0.25) is 10.2 Å². The van der Waals surface area contributed by atoms with E-state index in [0.29, 0.717) is 66.8 Å². The number of carbonyl (C=O) groups is 2. The zero-order chi connectivity index (χ0) is 42.2. The van der Waals surface area contributed by atoms with Gasteiger partial charge in [-0.1, -0.05) is 47.5 Å². The zero-order valence-corrected chi connectivity index (χ0v) is 36.0. The van der Waals surface area contributed by atoms with Gasteiger partial charge in [0.15, 0.2) is 9.84 Å². The number of fused-ring (bicyclic) bond motifs is 4. The highest BCUT2D eigenvalue weighted by atomic mass is 35.5. The minimum Gasteiger partial charge on any atom is -0.474 e. The largest absolute Gasteiger partial charge is 0.474 e. The first-order chi connectivity index (χ1) is 28.1. The number of ether oxygens (including phenoxy) is 5. The van der Waals surface area contributed by atoms with E-state index in [4.69, 9.17) is 46.9 Å². The highest BCUT2D eigenvalue weighted by Crippen LogP contribution is 2.40. The molecule has 1 saturated carbocycles. The third kappa shape index (κ3) is 9.55. The minimum atomic E-state index is -3.35. The lowest BCUT2D eigenvalue weighted by Crippen LogP contribution is -2.50. The fraction of sp³-hybridized carbons (Fsp3) is 0.512. The average Bonchev–Trinajstić information content (AvgIpc) is 3.95. The Balaban J connectivity index is 0.000000198. The molecule has 6 atom stereocenters. The van der Waals surface area contributed by atoms with Crippen molar-refractivity contribution in [3.8, 4) is 23.4 Å². The highest BCUT2D eigenvalue weighted by Gasteiger charge is 2.44. The smallest absolute Gasteiger partial charge is 0.411 e. The van der Waals surface area contributed by atoms with Gasteiger partial charge in [0.25, 0.3) is 0 Å². The second-order valence-electron chi connectivity index (χ2n) is 15.8. The summed E-state index contributed by atoms with van der Waals surface area (Å²) in [6.45, 7) is 11.0. The normalized spacial score (nSPS) is 24.2. The summed E-state index contributed by atoms with van der Waals surface area (Å²) >= 11 is 12.4. The van der Waals surface area contributed by atoms with E-state index in [1.54, 1.807) is 16.7 Å². The number of amides is 2. The van der Waals surface area contributed by atoms with Gasteiger partial charge in [-0.25, -0.2) is 37.9 Å². The van der Waals surface area contributed by atoms with Crippen LogP contribution in [0.15, 0.2) is 60.1 Å². The summed E-state index contributed by atoms with van der Waals surface area (Å²) in [7, 11) is -3.35. The first-order valence-corrected chi connectivity index (χ1v) is 22.1. The lowest BCUT2D eigenvalue weighted by atomic mass is 9.99. The van der Waals surface area contributed by atoms with Gasteiger partial charge >= 0.3 is 12.2 Å². The zero-order valence-electron chi connectivity index (χ0n) is 33.7. The number of rotatable bonds is 10. The predicted molar refractivity (Wildman–Crippen MR) is 218 cm³/mol. The van der Waals surface area contributed by atoms with Crippen molar-refractivity contribution in [3.63, 3.8) is 0 Å². The summed E-state index contributed by atoms with van der Waals surface area (Å²) in [6, 6.07) is 4.27. The second kappa shape index (κ2) is 17.5. The van der Waals surface area contributed by atoms with E-state index in [0.717, 1.165) is 5.56 Å². The number of halogens is 2. The van der Waals surface area contributed by atoms with Gasteiger partial charge in [0.2, 0.25) is 17.6 Å². The Bertz CT molecular complexity index is 2210. The van der Waals surface area contributed by atoms with Crippen molar-refractivity contribution in [2.45, 2.75) is 139 Å². The van der Waals surface area contributed by atoms with Crippen LogP contribution < -0.4 is 14.2 Å². The third-order valence-electron chi connectivity index (χ3n) is 10.6. The fourth-order valence-corrected chi connectivity index (χ4v) is 9.67. The van der Waals surface area contributed by atoms with Crippen molar-refractivity contribution in [3.05, 3.63) is 76.5 Å². The van der Waals surface area contributed by atoms with E-state index < -0.39 is 9.84 Å². The molecule has 59 heavy (non-hydrogen) atoms. The molecule has 3 fully saturated rings. The molecule has 0 N–H and O–H groups in total. The number of carbonyl (C=O) groups excluding carboxylic acids is 2. The standard InChI is InChI=1S/C25H28ClN3O6S.C16H20ClN3O3/c1-14(2)33-25(30)29-16-4-5-17(29)11-18(10-16)34-23-15(3)24(28-13-27-23)35-22-9-8-20(12-21(22)26)36(31,32)19-6-7-19;1-9(2)22-16(21)20-11-4-5-12(20)7-13(6-11)23-15-10(3)14(17)18-8-19-15/h4-5,8-9,12-14,16-19H,6-7,10-11H2,1-3H3;4-5,8-9,11-13H,6-7H2,1-3H3/t16-,17?,18?;11-,12?,13?/m00/s1. The summed E-state index contributed by atoms with van der Waals surface area (Å²) in [5.74, 6) is 1.44. The molecule has 6 heterocycles. The van der Waals surface area contributed by atoms with Crippen LogP contribution in [0.5, 0.6) is 23.4 Å². The molecule has 1 aromatic carbocycles. The van der Waals surface area contributed by atoms with Gasteiger partial charge in [-0.15, -0.1) is 0 Å². The molecule has 4 unspecified atom stereocenters. The van der Waals surface area contributed by atoms with Gasteiger partial charge in [0.1, 0.15) is 35.8 Å². The van der Waals surface area contributed by atoms with Gasteiger partial charge in [0, 0.05) is 31.2 Å². The SMILES string of the molecule is Cc1c(Cl)ncnc1OC1CC2C=C[C@@H](C1)N2C(=O)OC(C)C.Cc1c(Oc2ccc(S(=O)(=O)C3CC3)cc2Cl)ncnc1OC1CC2C=C[C@@H](C1)N2C(=O)OC(C)C. The van der Waals surface area contributed by atoms with Crippen molar-refractivity contribution >= 4 is 45.2 Å². The highest BCUT2D eigenvalue weighted by molar-refractivity contribution is 7.92. The summed E-state index contributed by atoms with van der Waals surface area (Å²) in [5.41, 5.74) is 1.32. The number of nitrogens with zero attached hydrogens (tertiary/aromatic N) is 6. The Labute approximate surface area is 354 Å². The van der Waals surface area contributed by atoms with E-state index in [1.165, 1.54) is 30.9 Å². The summed E-state index contributed by atoms with van der Waals surface area (Å²) in [6.07, 6.45) is 13.8. The number of piperidine rings is 2. The minimum absolute atomic E-state index is 0.00242. The molecule has 2 amide bonds. The number of sulfone groups is 1. The van der Waals surface area contributed by atoms with Crippen molar-refractivity contribution in [2.24, 2.45) is 0 Å². The molecule has 5 aliphatic rings. The van der Waals surface area contributed by atoms with Crippen LogP contribution in [0.25, 0.3) is 0 Å². The Morgan fingerprint density at radius 3 is 1.61 bits per heavy atom. The van der Waals surface area contributed by atoms with Gasteiger partial charge in [-0.05, 0) is 72.6 Å². The van der Waals surface area contributed by atoms with Crippen LogP contribution in [0.3, 0.4) is 0 Å². The maximum absolute atomic E-state index is 12.5. The summed E-state index contributed by atoms with van der Waals surface area (Å²) in [4.78, 5) is 45.0. The topological polar surface area (TPSA) is 172 Å². The number of benzene rings is 1. The molecular formula is C41H48Cl2N6O9S. The van der Waals surface area contributed by atoms with Crippen molar-refractivity contribution in [1.29, 1.82) is 0 Å². The molecule has 4 aliphatic heterocycles. The van der Waals surface area contributed by atoms with Crippen molar-refractivity contribution in [1.82, 2.24) is 29.7 Å². The molecule has 8 rings (SSSR count). The molecular weight excluding hydrogens is 823 g/mol. The first-order valence-electron chi connectivity index (χ1n) is 19.8. The van der Waals surface area contributed by atoms with Crippen LogP contribution >= 0.6 is 23.2 Å². The number of hydrogen-bond donors (Lipinski definition) is 0. The quantitative estimate of drug-likeness (QED) is 0.142. The molecule has 0 spiro atoms. The van der Waals surface area contributed by atoms with Crippen LogP contribution in [0.4, 0.5) is 9.59 Å².